The van der Waals surface area contributed by atoms with Crippen LogP contribution in [0.3, 0.4) is 0 Å². The zero-order chi connectivity index (χ0) is 21.0. The highest BCUT2D eigenvalue weighted by molar-refractivity contribution is 9.10. The lowest BCUT2D eigenvalue weighted by atomic mass is 10.1. The summed E-state index contributed by atoms with van der Waals surface area (Å²) in [6.07, 6.45) is 0. The maximum absolute atomic E-state index is 13.1. The van der Waals surface area contributed by atoms with Gasteiger partial charge in [-0.3, -0.25) is 19.0 Å². The minimum atomic E-state index is -1.28. The van der Waals surface area contributed by atoms with Crippen LogP contribution in [0.2, 0.25) is 0 Å². The second-order valence-electron chi connectivity index (χ2n) is 6.10. The summed E-state index contributed by atoms with van der Waals surface area (Å²) >= 11 is 3.36. The quantitative estimate of drug-likeness (QED) is 0.521. The van der Waals surface area contributed by atoms with Crippen LogP contribution in [0.25, 0.3) is 11.4 Å². The third-order valence-electron chi connectivity index (χ3n) is 4.04. The molecule has 3 aromatic rings. The first-order chi connectivity index (χ1) is 13.9. The number of carbonyl (C=O) groups is 2. The predicted octanol–water partition coefficient (Wildman–Crippen LogP) is 2.24. The van der Waals surface area contributed by atoms with Crippen molar-refractivity contribution in [3.63, 3.8) is 0 Å². The first-order valence-corrected chi connectivity index (χ1v) is 9.29. The second-order valence-corrected chi connectivity index (χ2v) is 7.01. The van der Waals surface area contributed by atoms with Crippen molar-refractivity contribution in [2.24, 2.45) is 0 Å². The van der Waals surface area contributed by atoms with E-state index in [9.17, 15) is 19.5 Å². The molecule has 0 unspecified atom stereocenters. The Balaban J connectivity index is 2.17. The molecule has 0 spiro atoms. The summed E-state index contributed by atoms with van der Waals surface area (Å²) in [5.41, 5.74) is -0.0458. The molecule has 0 aliphatic carbocycles. The number of aliphatic carboxylic acids is 1. The number of nitrogens with zero attached hydrogens (tertiary/aromatic N) is 2. The van der Waals surface area contributed by atoms with Crippen LogP contribution >= 0.6 is 15.9 Å². The van der Waals surface area contributed by atoms with Crippen molar-refractivity contribution in [3.8, 4) is 17.3 Å². The van der Waals surface area contributed by atoms with Gasteiger partial charge in [0.2, 0.25) is 5.88 Å². The molecule has 3 rings (SSSR count). The number of hydrogen-bond acceptors (Lipinski definition) is 5. The highest BCUT2D eigenvalue weighted by Crippen LogP contribution is 2.24. The van der Waals surface area contributed by atoms with Gasteiger partial charge in [-0.25, -0.2) is 0 Å². The molecule has 1 heterocycles. The van der Waals surface area contributed by atoms with Crippen LogP contribution in [0.15, 0.2) is 63.9 Å². The van der Waals surface area contributed by atoms with Crippen LogP contribution in [-0.4, -0.2) is 38.2 Å². The smallest absolute Gasteiger partial charge is 0.322 e. The van der Waals surface area contributed by atoms with Gasteiger partial charge in [0.05, 0.1) is 6.54 Å². The molecular weight excluding hydrogens is 442 g/mol. The Kier molecular flexibility index (Phi) is 6.08. The number of aromatic hydroxyl groups is 1. The standard InChI is InChI=1S/C20H16BrN3O5/c21-14-8-4-7-13(9-14)17-23-19(28)16(18(27)22-10-15(25)26)20(29)24(17)11-12-5-2-1-3-6-12/h1-9,28H,10-11H2,(H,22,27)(H,25,26). The minimum absolute atomic E-state index is 0.105. The Morgan fingerprint density at radius 3 is 2.48 bits per heavy atom. The number of amides is 1. The van der Waals surface area contributed by atoms with Crippen LogP contribution in [0, 0.1) is 0 Å². The number of nitrogens with one attached hydrogen (secondary N) is 1. The first-order valence-electron chi connectivity index (χ1n) is 8.50. The summed E-state index contributed by atoms with van der Waals surface area (Å²) in [5.74, 6) is -2.88. The summed E-state index contributed by atoms with van der Waals surface area (Å²) in [5, 5.41) is 21.1. The molecule has 3 N–H and O–H groups in total. The van der Waals surface area contributed by atoms with Crippen LogP contribution < -0.4 is 10.9 Å². The maximum Gasteiger partial charge on any atom is 0.322 e. The van der Waals surface area contributed by atoms with Gasteiger partial charge in [0.15, 0.2) is 5.56 Å². The van der Waals surface area contributed by atoms with E-state index < -0.39 is 35.4 Å². The van der Waals surface area contributed by atoms with E-state index in [4.69, 9.17) is 5.11 Å². The van der Waals surface area contributed by atoms with Crippen LogP contribution in [0.4, 0.5) is 0 Å². The Bertz CT molecular complexity index is 1130. The fourth-order valence-corrected chi connectivity index (χ4v) is 3.15. The van der Waals surface area contributed by atoms with Gasteiger partial charge >= 0.3 is 5.97 Å². The lowest BCUT2D eigenvalue weighted by Crippen LogP contribution is -2.36. The first kappa shape index (κ1) is 20.3. The van der Waals surface area contributed by atoms with Crippen LogP contribution in [-0.2, 0) is 11.3 Å². The average molecular weight is 458 g/mol. The van der Waals surface area contributed by atoms with Crippen molar-refractivity contribution in [1.82, 2.24) is 14.9 Å². The van der Waals surface area contributed by atoms with Gasteiger partial charge in [0.1, 0.15) is 12.4 Å². The molecule has 29 heavy (non-hydrogen) atoms. The summed E-state index contributed by atoms with van der Waals surface area (Å²) in [4.78, 5) is 40.2. The molecule has 1 amide bonds. The normalized spacial score (nSPS) is 10.5. The lowest BCUT2D eigenvalue weighted by Gasteiger charge is -2.15. The molecule has 0 aliphatic heterocycles. The summed E-state index contributed by atoms with van der Waals surface area (Å²) in [6.45, 7) is -0.586. The van der Waals surface area contributed by atoms with E-state index in [0.29, 0.717) is 5.56 Å². The average Bonchev–Trinajstić information content (AvgIpc) is 2.69. The molecule has 0 radical (unpaired) electrons. The summed E-state index contributed by atoms with van der Waals surface area (Å²) in [6, 6.07) is 16.1. The molecule has 0 saturated carbocycles. The number of aromatic nitrogens is 2. The van der Waals surface area contributed by atoms with Crippen molar-refractivity contribution in [2.75, 3.05) is 6.54 Å². The van der Waals surface area contributed by atoms with E-state index in [-0.39, 0.29) is 12.4 Å². The topological polar surface area (TPSA) is 122 Å². The van der Waals surface area contributed by atoms with Crippen LogP contribution in [0.1, 0.15) is 15.9 Å². The Morgan fingerprint density at radius 2 is 1.83 bits per heavy atom. The zero-order valence-corrected chi connectivity index (χ0v) is 16.6. The maximum atomic E-state index is 13.1. The monoisotopic (exact) mass is 457 g/mol. The van der Waals surface area contributed by atoms with E-state index in [1.807, 2.05) is 30.3 Å². The molecule has 0 aliphatic rings. The Labute approximate surface area is 173 Å². The lowest BCUT2D eigenvalue weighted by molar-refractivity contribution is -0.135. The third kappa shape index (κ3) is 4.69. The van der Waals surface area contributed by atoms with Gasteiger partial charge in [-0.15, -0.1) is 0 Å². The number of carbonyl (C=O) groups excluding carboxylic acids is 1. The van der Waals surface area contributed by atoms with Gasteiger partial charge in [-0.05, 0) is 17.7 Å². The molecule has 0 fully saturated rings. The fourth-order valence-electron chi connectivity index (χ4n) is 2.75. The molecule has 8 nitrogen and oxygen atoms in total. The zero-order valence-electron chi connectivity index (χ0n) is 15.0. The SMILES string of the molecule is O=C(O)CNC(=O)c1c(O)nc(-c2cccc(Br)c2)n(Cc2ccccc2)c1=O. The number of rotatable bonds is 6. The van der Waals surface area contributed by atoms with Gasteiger partial charge in [-0.1, -0.05) is 58.4 Å². The van der Waals surface area contributed by atoms with Gasteiger partial charge in [0.25, 0.3) is 11.5 Å². The number of hydrogen-bond donors (Lipinski definition) is 3. The summed E-state index contributed by atoms with van der Waals surface area (Å²) < 4.78 is 2.02. The number of benzene rings is 2. The van der Waals surface area contributed by atoms with E-state index in [1.165, 1.54) is 4.57 Å². The van der Waals surface area contributed by atoms with Gasteiger partial charge in [-0.2, -0.15) is 4.98 Å². The van der Waals surface area contributed by atoms with Crippen molar-refractivity contribution in [2.45, 2.75) is 6.54 Å². The van der Waals surface area contributed by atoms with Crippen molar-refractivity contribution in [3.05, 3.63) is 80.6 Å². The largest absolute Gasteiger partial charge is 0.493 e. The predicted molar refractivity (Wildman–Crippen MR) is 109 cm³/mol. The number of carboxylic acid groups (broad SMARTS) is 1. The fraction of sp³-hybridized carbons (Fsp3) is 0.100. The van der Waals surface area contributed by atoms with Crippen molar-refractivity contribution < 1.29 is 19.8 Å². The number of carboxylic acids is 1. The Morgan fingerprint density at radius 1 is 1.10 bits per heavy atom. The van der Waals surface area contributed by atoms with E-state index in [2.05, 4.69) is 26.2 Å². The molecule has 0 saturated heterocycles. The van der Waals surface area contributed by atoms with E-state index >= 15 is 0 Å². The second kappa shape index (κ2) is 8.70. The van der Waals surface area contributed by atoms with Crippen molar-refractivity contribution in [1.29, 1.82) is 0 Å². The molecule has 0 atom stereocenters. The molecule has 2 aromatic carbocycles. The van der Waals surface area contributed by atoms with Gasteiger partial charge in [0, 0.05) is 10.0 Å². The van der Waals surface area contributed by atoms with Crippen molar-refractivity contribution >= 4 is 27.8 Å². The summed E-state index contributed by atoms with van der Waals surface area (Å²) in [7, 11) is 0. The molecule has 0 bridgehead atoms. The highest BCUT2D eigenvalue weighted by atomic mass is 79.9. The molecule has 1 aromatic heterocycles. The molecule has 9 heteroatoms. The highest BCUT2D eigenvalue weighted by Gasteiger charge is 2.23. The third-order valence-corrected chi connectivity index (χ3v) is 4.54. The molecular formula is C20H16BrN3O5. The van der Waals surface area contributed by atoms with Crippen LogP contribution in [0.5, 0.6) is 5.88 Å². The Hall–Kier alpha value is -3.46. The molecule has 148 valence electrons. The minimum Gasteiger partial charge on any atom is -0.493 e. The number of halogens is 1. The van der Waals surface area contributed by atoms with E-state index in [1.54, 1.807) is 24.3 Å². The van der Waals surface area contributed by atoms with Gasteiger partial charge < -0.3 is 15.5 Å². The van der Waals surface area contributed by atoms with E-state index in [0.717, 1.165) is 10.0 Å².